The maximum Gasteiger partial charge on any atom is 0.253 e. The molecule has 2 aliphatic heterocycles. The molecule has 154 valence electrons. The van der Waals surface area contributed by atoms with Gasteiger partial charge < -0.3 is 15.0 Å². The zero-order chi connectivity index (χ0) is 19.9. The van der Waals surface area contributed by atoms with Crippen LogP contribution in [-0.4, -0.2) is 61.6 Å². The molecule has 1 atom stereocenters. The third-order valence-corrected chi connectivity index (χ3v) is 5.89. The monoisotopic (exact) mass is 393 g/mol. The fourth-order valence-corrected chi connectivity index (χ4v) is 4.12. The van der Waals surface area contributed by atoms with E-state index < -0.39 is 0 Å². The number of benzene rings is 2. The highest BCUT2D eigenvalue weighted by Crippen LogP contribution is 2.17. The van der Waals surface area contributed by atoms with Crippen LogP contribution >= 0.6 is 0 Å². The Morgan fingerprint density at radius 2 is 1.62 bits per heavy atom. The van der Waals surface area contributed by atoms with Crippen molar-refractivity contribution in [3.05, 3.63) is 71.3 Å². The number of morpholine rings is 1. The fourth-order valence-electron chi connectivity index (χ4n) is 4.12. The lowest BCUT2D eigenvalue weighted by Gasteiger charge is -2.31. The van der Waals surface area contributed by atoms with Gasteiger partial charge in [0.2, 0.25) is 0 Å². The number of carbonyl (C=O) groups excluding carboxylic acids is 1. The molecule has 0 bridgehead atoms. The fraction of sp³-hybridized carbons (Fsp3) is 0.458. The molecule has 0 unspecified atom stereocenters. The highest BCUT2D eigenvalue weighted by molar-refractivity contribution is 5.94. The Morgan fingerprint density at radius 1 is 0.931 bits per heavy atom. The van der Waals surface area contributed by atoms with Crippen LogP contribution in [-0.2, 0) is 11.3 Å². The van der Waals surface area contributed by atoms with E-state index in [2.05, 4.69) is 52.7 Å². The molecule has 5 nitrogen and oxygen atoms in total. The van der Waals surface area contributed by atoms with E-state index in [-0.39, 0.29) is 11.9 Å². The summed E-state index contributed by atoms with van der Waals surface area (Å²) in [6.45, 7) is 7.13. The minimum atomic E-state index is 0.163. The van der Waals surface area contributed by atoms with Crippen LogP contribution in [0.5, 0.6) is 0 Å². The lowest BCUT2D eigenvalue weighted by atomic mass is 10.0. The van der Waals surface area contributed by atoms with Crippen molar-refractivity contribution in [2.45, 2.75) is 25.4 Å². The molecule has 0 saturated carbocycles. The first-order chi connectivity index (χ1) is 14.3. The number of likely N-dealkylation sites (tertiary alicyclic amines) is 1. The van der Waals surface area contributed by atoms with Crippen LogP contribution in [0.2, 0.25) is 0 Å². The highest BCUT2D eigenvalue weighted by atomic mass is 16.5. The van der Waals surface area contributed by atoms with Crippen LogP contribution in [0, 0.1) is 0 Å². The van der Waals surface area contributed by atoms with E-state index in [0.717, 1.165) is 70.9 Å². The Bertz CT molecular complexity index is 766. The zero-order valence-electron chi connectivity index (χ0n) is 17.1. The summed E-state index contributed by atoms with van der Waals surface area (Å²) in [6.07, 6.45) is 2.25. The van der Waals surface area contributed by atoms with Crippen molar-refractivity contribution in [3.8, 4) is 0 Å². The summed E-state index contributed by atoms with van der Waals surface area (Å²) < 4.78 is 5.49. The van der Waals surface area contributed by atoms with Gasteiger partial charge in [-0.05, 0) is 36.1 Å². The maximum absolute atomic E-state index is 12.5. The van der Waals surface area contributed by atoms with E-state index >= 15 is 0 Å². The molecule has 2 aromatic rings. The quantitative estimate of drug-likeness (QED) is 0.785. The van der Waals surface area contributed by atoms with Crippen LogP contribution in [0.15, 0.2) is 54.6 Å². The molecule has 29 heavy (non-hydrogen) atoms. The largest absolute Gasteiger partial charge is 0.379 e. The lowest BCUT2D eigenvalue weighted by Crippen LogP contribution is -2.41. The van der Waals surface area contributed by atoms with E-state index in [9.17, 15) is 4.79 Å². The van der Waals surface area contributed by atoms with Gasteiger partial charge in [0.25, 0.3) is 5.91 Å². The van der Waals surface area contributed by atoms with Gasteiger partial charge in [-0.25, -0.2) is 0 Å². The van der Waals surface area contributed by atoms with E-state index in [1.807, 2.05) is 17.0 Å². The van der Waals surface area contributed by atoms with E-state index in [4.69, 9.17) is 4.74 Å². The number of rotatable bonds is 7. The molecule has 4 rings (SSSR count). The summed E-state index contributed by atoms with van der Waals surface area (Å²) in [4.78, 5) is 16.9. The molecule has 5 heteroatoms. The van der Waals surface area contributed by atoms with Crippen molar-refractivity contribution in [1.29, 1.82) is 0 Å². The summed E-state index contributed by atoms with van der Waals surface area (Å²) in [5.41, 5.74) is 3.30. The van der Waals surface area contributed by atoms with Crippen molar-refractivity contribution in [2.24, 2.45) is 0 Å². The van der Waals surface area contributed by atoms with Gasteiger partial charge in [0.15, 0.2) is 0 Å². The van der Waals surface area contributed by atoms with Gasteiger partial charge in [-0.2, -0.15) is 0 Å². The van der Waals surface area contributed by atoms with Crippen molar-refractivity contribution >= 4 is 5.91 Å². The number of carbonyl (C=O) groups is 1. The predicted molar refractivity (Wildman–Crippen MR) is 115 cm³/mol. The molecule has 1 amide bonds. The normalized spacial score (nSPS) is 18.7. The predicted octanol–water partition coefficient (Wildman–Crippen LogP) is 3.09. The number of nitrogens with zero attached hydrogens (tertiary/aromatic N) is 2. The summed E-state index contributed by atoms with van der Waals surface area (Å²) in [7, 11) is 0. The number of hydrogen-bond donors (Lipinski definition) is 1. The first kappa shape index (κ1) is 20.1. The first-order valence-electron chi connectivity index (χ1n) is 10.8. The minimum absolute atomic E-state index is 0.163. The molecular formula is C24H31N3O2. The van der Waals surface area contributed by atoms with Crippen molar-refractivity contribution in [3.63, 3.8) is 0 Å². The Labute approximate surface area is 173 Å². The Kier molecular flexibility index (Phi) is 6.93. The van der Waals surface area contributed by atoms with Gasteiger partial charge in [-0.15, -0.1) is 0 Å². The highest BCUT2D eigenvalue weighted by Gasteiger charge is 2.20. The molecule has 2 fully saturated rings. The molecule has 2 heterocycles. The Hall–Kier alpha value is -2.21. The average Bonchev–Trinajstić information content (AvgIpc) is 3.33. The van der Waals surface area contributed by atoms with E-state index in [1.165, 1.54) is 11.1 Å². The zero-order valence-corrected chi connectivity index (χ0v) is 17.1. The van der Waals surface area contributed by atoms with Gasteiger partial charge in [-0.3, -0.25) is 9.69 Å². The van der Waals surface area contributed by atoms with Crippen LogP contribution in [0.3, 0.4) is 0 Å². The number of hydrogen-bond acceptors (Lipinski definition) is 4. The lowest BCUT2D eigenvalue weighted by molar-refractivity contribution is 0.0333. The van der Waals surface area contributed by atoms with Crippen LogP contribution < -0.4 is 5.32 Å². The molecular weight excluding hydrogens is 362 g/mol. The molecule has 0 spiro atoms. The van der Waals surface area contributed by atoms with Crippen molar-refractivity contribution < 1.29 is 9.53 Å². The average molecular weight is 394 g/mol. The minimum Gasteiger partial charge on any atom is -0.379 e. The van der Waals surface area contributed by atoms with Crippen molar-refractivity contribution in [2.75, 3.05) is 45.9 Å². The molecule has 0 aromatic heterocycles. The summed E-state index contributed by atoms with van der Waals surface area (Å²) in [5.74, 6) is 0.163. The van der Waals surface area contributed by atoms with Gasteiger partial charge in [-0.1, -0.05) is 42.5 Å². The van der Waals surface area contributed by atoms with E-state index in [1.54, 1.807) is 0 Å². The third kappa shape index (κ3) is 5.44. The second kappa shape index (κ2) is 10.0. The van der Waals surface area contributed by atoms with E-state index in [0.29, 0.717) is 0 Å². The third-order valence-electron chi connectivity index (χ3n) is 5.89. The molecule has 2 saturated heterocycles. The second-order valence-corrected chi connectivity index (χ2v) is 7.95. The van der Waals surface area contributed by atoms with Gasteiger partial charge >= 0.3 is 0 Å². The smallest absolute Gasteiger partial charge is 0.253 e. The summed E-state index contributed by atoms with van der Waals surface area (Å²) >= 11 is 0. The first-order valence-corrected chi connectivity index (χ1v) is 10.8. The summed E-state index contributed by atoms with van der Waals surface area (Å²) in [6, 6.07) is 19.0. The molecule has 0 aliphatic carbocycles. The molecule has 2 aromatic carbocycles. The van der Waals surface area contributed by atoms with Gasteiger partial charge in [0.05, 0.1) is 13.2 Å². The maximum atomic E-state index is 12.5. The number of nitrogens with one attached hydrogen (secondary N) is 1. The Morgan fingerprint density at radius 3 is 2.31 bits per heavy atom. The topological polar surface area (TPSA) is 44.8 Å². The standard InChI is InChI=1S/C24H31N3O2/c28-24(27-12-4-5-13-27)22-10-8-20(9-11-22)18-25-23(21-6-2-1-3-7-21)19-26-14-16-29-17-15-26/h1-3,6-11,23,25H,4-5,12-19H2/t23-/m1/s1. The number of amides is 1. The van der Waals surface area contributed by atoms with Gasteiger partial charge in [0.1, 0.15) is 0 Å². The SMILES string of the molecule is O=C(c1ccc(CN[C@H](CN2CCOCC2)c2ccccc2)cc1)N1CCCC1. The van der Waals surface area contributed by atoms with Crippen LogP contribution in [0.4, 0.5) is 0 Å². The Balaban J connectivity index is 1.38. The van der Waals surface area contributed by atoms with Crippen molar-refractivity contribution in [1.82, 2.24) is 15.1 Å². The summed E-state index contributed by atoms with van der Waals surface area (Å²) in [5, 5.41) is 3.73. The number of ether oxygens (including phenoxy) is 1. The van der Waals surface area contributed by atoms with Crippen LogP contribution in [0.25, 0.3) is 0 Å². The second-order valence-electron chi connectivity index (χ2n) is 7.95. The molecule has 1 N–H and O–H groups in total. The molecule has 0 radical (unpaired) electrons. The van der Waals surface area contributed by atoms with Gasteiger partial charge in [0, 0.05) is 50.9 Å². The van der Waals surface area contributed by atoms with Crippen LogP contribution in [0.1, 0.15) is 40.4 Å². The molecule has 2 aliphatic rings.